The highest BCUT2D eigenvalue weighted by Gasteiger charge is 2.25. The van der Waals surface area contributed by atoms with Crippen LogP contribution < -0.4 is 0 Å². The maximum atomic E-state index is 5.72. The Morgan fingerprint density at radius 3 is 2.46 bits per heavy atom. The van der Waals surface area contributed by atoms with Gasteiger partial charge in [0, 0.05) is 0 Å². The molecule has 80 valence electrons. The van der Waals surface area contributed by atoms with E-state index in [0.717, 1.165) is 25.7 Å². The molecule has 0 aromatic carbocycles. The maximum Gasteiger partial charge on any atom is 0.158 e. The second kappa shape index (κ2) is 6.39. The van der Waals surface area contributed by atoms with Gasteiger partial charge in [0.1, 0.15) is 0 Å². The van der Waals surface area contributed by atoms with Crippen LogP contribution >= 0.6 is 0 Å². The Morgan fingerprint density at radius 2 is 1.92 bits per heavy atom. The Hall–Kier alpha value is -0.0800. The lowest BCUT2D eigenvalue weighted by molar-refractivity contribution is -0.240. The fourth-order valence-electron chi connectivity index (χ4n) is 1.62. The first kappa shape index (κ1) is 12.9. The van der Waals surface area contributed by atoms with Crippen LogP contribution in [0.3, 0.4) is 0 Å². The summed E-state index contributed by atoms with van der Waals surface area (Å²) in [4.78, 5) is 0. The van der Waals surface area contributed by atoms with Crippen LogP contribution in [0.15, 0.2) is 0 Å². The van der Waals surface area contributed by atoms with Crippen LogP contribution in [0, 0.1) is 0 Å². The van der Waals surface area contributed by atoms with E-state index in [1.165, 1.54) is 0 Å². The van der Waals surface area contributed by atoms with Gasteiger partial charge in [0.2, 0.25) is 0 Å². The SMILES string of the molecule is C.CCCC1OC(C)CC(CC)O1. The van der Waals surface area contributed by atoms with Gasteiger partial charge in [0.05, 0.1) is 12.2 Å². The minimum atomic E-state index is 0. The highest BCUT2D eigenvalue weighted by atomic mass is 16.7. The molecule has 0 bridgehead atoms. The third kappa shape index (κ3) is 4.10. The van der Waals surface area contributed by atoms with Crippen LogP contribution in [0.5, 0.6) is 0 Å². The maximum absolute atomic E-state index is 5.72. The van der Waals surface area contributed by atoms with E-state index in [-0.39, 0.29) is 13.7 Å². The van der Waals surface area contributed by atoms with Crippen LogP contribution in [0.4, 0.5) is 0 Å². The molecule has 1 rings (SSSR count). The van der Waals surface area contributed by atoms with E-state index < -0.39 is 0 Å². The van der Waals surface area contributed by atoms with Crippen molar-refractivity contribution in [2.45, 2.75) is 72.4 Å². The van der Waals surface area contributed by atoms with Gasteiger partial charge in [-0.2, -0.15) is 0 Å². The fourth-order valence-corrected chi connectivity index (χ4v) is 1.62. The van der Waals surface area contributed by atoms with E-state index >= 15 is 0 Å². The van der Waals surface area contributed by atoms with Crippen LogP contribution in [-0.4, -0.2) is 18.5 Å². The van der Waals surface area contributed by atoms with Gasteiger partial charge in [-0.3, -0.25) is 0 Å². The predicted molar refractivity (Wildman–Crippen MR) is 55.8 cm³/mol. The summed E-state index contributed by atoms with van der Waals surface area (Å²) in [6.45, 7) is 6.46. The zero-order valence-electron chi connectivity index (χ0n) is 8.38. The van der Waals surface area contributed by atoms with Gasteiger partial charge in [-0.25, -0.2) is 0 Å². The Morgan fingerprint density at radius 1 is 1.23 bits per heavy atom. The van der Waals surface area contributed by atoms with E-state index in [9.17, 15) is 0 Å². The average molecular weight is 188 g/mol. The topological polar surface area (TPSA) is 18.5 Å². The molecular weight excluding hydrogens is 164 g/mol. The van der Waals surface area contributed by atoms with Crippen molar-refractivity contribution in [3.05, 3.63) is 0 Å². The number of hydrogen-bond acceptors (Lipinski definition) is 2. The third-order valence-corrected chi connectivity index (χ3v) is 2.30. The largest absolute Gasteiger partial charge is 0.350 e. The molecule has 0 saturated carbocycles. The summed E-state index contributed by atoms with van der Waals surface area (Å²) in [6.07, 6.45) is 5.17. The van der Waals surface area contributed by atoms with Crippen LogP contribution in [0.2, 0.25) is 0 Å². The van der Waals surface area contributed by atoms with Crippen molar-refractivity contribution in [1.29, 1.82) is 0 Å². The highest BCUT2D eigenvalue weighted by Crippen LogP contribution is 2.22. The number of rotatable bonds is 3. The van der Waals surface area contributed by atoms with Crippen LogP contribution in [-0.2, 0) is 9.47 Å². The fraction of sp³-hybridized carbons (Fsp3) is 1.00. The molecule has 0 amide bonds. The van der Waals surface area contributed by atoms with Crippen molar-refractivity contribution in [3.63, 3.8) is 0 Å². The van der Waals surface area contributed by atoms with Crippen molar-refractivity contribution in [3.8, 4) is 0 Å². The molecule has 0 aromatic rings. The smallest absolute Gasteiger partial charge is 0.158 e. The van der Waals surface area contributed by atoms with Crippen LogP contribution in [0.1, 0.15) is 53.9 Å². The second-order valence-electron chi connectivity index (χ2n) is 3.57. The van der Waals surface area contributed by atoms with E-state index in [1.54, 1.807) is 0 Å². The lowest BCUT2D eigenvalue weighted by Gasteiger charge is -2.33. The van der Waals surface area contributed by atoms with Gasteiger partial charge in [-0.15, -0.1) is 0 Å². The molecule has 0 spiro atoms. The van der Waals surface area contributed by atoms with E-state index in [0.29, 0.717) is 12.2 Å². The van der Waals surface area contributed by atoms with Crippen molar-refractivity contribution < 1.29 is 9.47 Å². The summed E-state index contributed by atoms with van der Waals surface area (Å²) < 4.78 is 11.4. The van der Waals surface area contributed by atoms with E-state index in [1.807, 2.05) is 0 Å². The summed E-state index contributed by atoms with van der Waals surface area (Å²) in [5, 5.41) is 0. The average Bonchev–Trinajstić information content (AvgIpc) is 2.04. The first-order valence-electron chi connectivity index (χ1n) is 5.07. The van der Waals surface area contributed by atoms with Crippen molar-refractivity contribution in [1.82, 2.24) is 0 Å². The Balaban J connectivity index is 0.00000144. The third-order valence-electron chi connectivity index (χ3n) is 2.30. The molecule has 0 aromatic heterocycles. The molecule has 0 radical (unpaired) electrons. The summed E-state index contributed by atoms with van der Waals surface area (Å²) in [5.74, 6) is 0. The quantitative estimate of drug-likeness (QED) is 0.676. The molecule has 0 N–H and O–H groups in total. The Kier molecular flexibility index (Phi) is 6.35. The normalized spacial score (nSPS) is 33.9. The molecule has 2 nitrogen and oxygen atoms in total. The van der Waals surface area contributed by atoms with Crippen molar-refractivity contribution in [2.24, 2.45) is 0 Å². The second-order valence-corrected chi connectivity index (χ2v) is 3.57. The van der Waals surface area contributed by atoms with Gasteiger partial charge < -0.3 is 9.47 Å². The first-order valence-corrected chi connectivity index (χ1v) is 5.07. The van der Waals surface area contributed by atoms with Crippen LogP contribution in [0.25, 0.3) is 0 Å². The standard InChI is InChI=1S/C10H20O2.CH4/c1-4-6-10-11-8(3)7-9(5-2)12-10;/h8-10H,4-7H2,1-3H3;1H4. The Labute approximate surface area is 82.6 Å². The molecule has 1 aliphatic rings. The zero-order valence-corrected chi connectivity index (χ0v) is 8.38. The summed E-state index contributed by atoms with van der Waals surface area (Å²) >= 11 is 0. The van der Waals surface area contributed by atoms with E-state index in [4.69, 9.17) is 9.47 Å². The molecule has 3 atom stereocenters. The molecule has 2 heteroatoms. The minimum Gasteiger partial charge on any atom is -0.350 e. The first-order chi connectivity index (χ1) is 5.76. The van der Waals surface area contributed by atoms with Gasteiger partial charge in [0.15, 0.2) is 6.29 Å². The summed E-state index contributed by atoms with van der Waals surface area (Å²) in [7, 11) is 0. The summed E-state index contributed by atoms with van der Waals surface area (Å²) in [5.41, 5.74) is 0. The molecule has 0 aliphatic carbocycles. The molecular formula is C11H24O2. The van der Waals surface area contributed by atoms with E-state index in [2.05, 4.69) is 20.8 Å². The molecule has 1 aliphatic heterocycles. The van der Waals surface area contributed by atoms with Gasteiger partial charge >= 0.3 is 0 Å². The van der Waals surface area contributed by atoms with Crippen molar-refractivity contribution >= 4 is 0 Å². The molecule has 1 fully saturated rings. The Bertz CT molecular complexity index is 125. The monoisotopic (exact) mass is 188 g/mol. The summed E-state index contributed by atoms with van der Waals surface area (Å²) in [6, 6.07) is 0. The molecule has 1 saturated heterocycles. The number of hydrogen-bond donors (Lipinski definition) is 0. The lowest BCUT2D eigenvalue weighted by atomic mass is 10.1. The molecule has 13 heavy (non-hydrogen) atoms. The number of ether oxygens (including phenoxy) is 2. The minimum absolute atomic E-state index is 0. The molecule has 1 heterocycles. The van der Waals surface area contributed by atoms with Gasteiger partial charge in [-0.1, -0.05) is 27.7 Å². The highest BCUT2D eigenvalue weighted by molar-refractivity contribution is 4.68. The zero-order chi connectivity index (χ0) is 8.97. The van der Waals surface area contributed by atoms with Gasteiger partial charge in [-0.05, 0) is 26.2 Å². The predicted octanol–water partition coefficient (Wildman–Crippen LogP) is 3.35. The van der Waals surface area contributed by atoms with Gasteiger partial charge in [0.25, 0.3) is 0 Å². The lowest BCUT2D eigenvalue weighted by Crippen LogP contribution is -2.36. The van der Waals surface area contributed by atoms with Crippen molar-refractivity contribution in [2.75, 3.05) is 0 Å². The molecule has 3 unspecified atom stereocenters.